The number of para-hydroxylation sites is 1. The molecule has 10 nitrogen and oxygen atoms in total. The molecule has 0 aliphatic carbocycles. The van der Waals surface area contributed by atoms with Gasteiger partial charge in [-0.15, -0.1) is 0 Å². The Bertz CT molecular complexity index is 1170. The summed E-state index contributed by atoms with van der Waals surface area (Å²) in [7, 11) is -0.945. The van der Waals surface area contributed by atoms with Crippen molar-refractivity contribution >= 4 is 27.6 Å². The second kappa shape index (κ2) is 14.6. The summed E-state index contributed by atoms with van der Waals surface area (Å²) >= 11 is 0. The first-order chi connectivity index (χ1) is 18.0. The van der Waals surface area contributed by atoms with Crippen LogP contribution in [0, 0.1) is 5.92 Å². The third-order valence-corrected chi connectivity index (χ3v) is 7.89. The van der Waals surface area contributed by atoms with E-state index < -0.39 is 22.0 Å². The van der Waals surface area contributed by atoms with E-state index in [1.807, 2.05) is 26.0 Å². The topological polar surface area (TPSA) is 148 Å². The van der Waals surface area contributed by atoms with Crippen LogP contribution in [0.4, 0.5) is 5.69 Å². The predicted octanol–water partition coefficient (Wildman–Crippen LogP) is 3.31. The number of aliphatic carboxylic acids is 1. The number of nitrogens with one attached hydrogen (secondary N) is 1. The fourth-order valence-corrected chi connectivity index (χ4v) is 5.87. The number of carbonyl (C=O) groups is 2. The number of hydrogen-bond donors (Lipinski definition) is 3. The number of nitrogen functional groups attached to an aromatic ring is 1. The highest BCUT2D eigenvalue weighted by Crippen LogP contribution is 2.31. The molecule has 0 aliphatic heterocycles. The van der Waals surface area contributed by atoms with Gasteiger partial charge in [-0.1, -0.05) is 26.0 Å². The minimum absolute atomic E-state index is 0.00136. The second-order valence-electron chi connectivity index (χ2n) is 9.39. The molecule has 0 saturated carbocycles. The van der Waals surface area contributed by atoms with E-state index in [1.165, 1.54) is 24.3 Å². The molecular formula is C27H39N3O7S. The average Bonchev–Trinajstić information content (AvgIpc) is 2.87. The number of carboxylic acid groups (broad SMARTS) is 1. The SMILES string of the molecule is COc1cccc(CCC(=O)NCCCC[C@@H](C(=O)O)N(CC(C)C)S(=O)(=O)c2ccc(N)cc2)c1OC. The lowest BCUT2D eigenvalue weighted by Crippen LogP contribution is -2.46. The molecule has 0 saturated heterocycles. The molecule has 0 aromatic heterocycles. The van der Waals surface area contributed by atoms with Crippen molar-refractivity contribution in [1.82, 2.24) is 9.62 Å². The average molecular weight is 550 g/mol. The number of nitrogens with two attached hydrogens (primary N) is 1. The van der Waals surface area contributed by atoms with E-state index in [4.69, 9.17) is 15.2 Å². The molecule has 210 valence electrons. The first-order valence-corrected chi connectivity index (χ1v) is 14.0. The molecule has 2 rings (SSSR count). The van der Waals surface area contributed by atoms with Crippen LogP contribution in [0.5, 0.6) is 11.5 Å². The highest BCUT2D eigenvalue weighted by Gasteiger charge is 2.36. The molecule has 38 heavy (non-hydrogen) atoms. The summed E-state index contributed by atoms with van der Waals surface area (Å²) in [6, 6.07) is 9.99. The molecule has 1 atom stereocenters. The van der Waals surface area contributed by atoms with Crippen molar-refractivity contribution in [1.29, 1.82) is 0 Å². The van der Waals surface area contributed by atoms with Gasteiger partial charge < -0.3 is 25.6 Å². The Morgan fingerprint density at radius 2 is 1.74 bits per heavy atom. The number of sulfonamides is 1. The third kappa shape index (κ3) is 8.63. The van der Waals surface area contributed by atoms with Crippen LogP contribution < -0.4 is 20.5 Å². The number of carboxylic acids is 1. The van der Waals surface area contributed by atoms with Gasteiger partial charge in [-0.25, -0.2) is 8.42 Å². The number of rotatable bonds is 16. The summed E-state index contributed by atoms with van der Waals surface area (Å²) in [6.45, 7) is 4.09. The van der Waals surface area contributed by atoms with Crippen molar-refractivity contribution < 1.29 is 32.6 Å². The summed E-state index contributed by atoms with van der Waals surface area (Å²) < 4.78 is 38.4. The van der Waals surface area contributed by atoms with Gasteiger partial charge in [0.05, 0.1) is 19.1 Å². The van der Waals surface area contributed by atoms with Crippen LogP contribution in [-0.2, 0) is 26.0 Å². The number of carbonyl (C=O) groups excluding carboxylic acids is 1. The van der Waals surface area contributed by atoms with Gasteiger partial charge >= 0.3 is 5.97 Å². The van der Waals surface area contributed by atoms with Gasteiger partial charge in [0.25, 0.3) is 0 Å². The number of aryl methyl sites for hydroxylation is 1. The highest BCUT2D eigenvalue weighted by atomic mass is 32.2. The lowest BCUT2D eigenvalue weighted by molar-refractivity contribution is -0.142. The molecule has 0 bridgehead atoms. The zero-order valence-corrected chi connectivity index (χ0v) is 23.3. The summed E-state index contributed by atoms with van der Waals surface area (Å²) in [4.78, 5) is 24.5. The molecule has 2 aromatic rings. The summed E-state index contributed by atoms with van der Waals surface area (Å²) in [5.41, 5.74) is 6.96. The number of methoxy groups -OCH3 is 2. The maximum absolute atomic E-state index is 13.3. The Morgan fingerprint density at radius 1 is 1.05 bits per heavy atom. The van der Waals surface area contributed by atoms with Crippen molar-refractivity contribution in [3.05, 3.63) is 48.0 Å². The molecule has 0 unspecified atom stereocenters. The number of ether oxygens (including phenoxy) is 2. The number of amides is 1. The van der Waals surface area contributed by atoms with Crippen LogP contribution in [-0.4, -0.2) is 63.1 Å². The molecule has 0 radical (unpaired) electrons. The van der Waals surface area contributed by atoms with Gasteiger partial charge in [0, 0.05) is 25.2 Å². The van der Waals surface area contributed by atoms with E-state index in [2.05, 4.69) is 5.32 Å². The van der Waals surface area contributed by atoms with E-state index in [1.54, 1.807) is 20.3 Å². The smallest absolute Gasteiger partial charge is 0.322 e. The Balaban J connectivity index is 1.94. The Hall–Kier alpha value is -3.31. The van der Waals surface area contributed by atoms with E-state index in [0.717, 1.165) is 9.87 Å². The molecule has 4 N–H and O–H groups in total. The molecular weight excluding hydrogens is 510 g/mol. The maximum atomic E-state index is 13.3. The molecule has 0 heterocycles. The van der Waals surface area contributed by atoms with Crippen LogP contribution in [0.3, 0.4) is 0 Å². The lowest BCUT2D eigenvalue weighted by Gasteiger charge is -2.29. The van der Waals surface area contributed by atoms with E-state index in [-0.39, 0.29) is 36.1 Å². The second-order valence-corrected chi connectivity index (χ2v) is 11.3. The molecule has 0 fully saturated rings. The number of benzene rings is 2. The largest absolute Gasteiger partial charge is 0.493 e. The Morgan fingerprint density at radius 3 is 2.32 bits per heavy atom. The number of nitrogens with zero attached hydrogens (tertiary/aromatic N) is 1. The summed E-state index contributed by atoms with van der Waals surface area (Å²) in [6.07, 6.45) is 1.78. The van der Waals surface area contributed by atoms with Crippen molar-refractivity contribution in [2.75, 3.05) is 33.0 Å². The van der Waals surface area contributed by atoms with Gasteiger partial charge in [-0.05, 0) is 67.5 Å². The Labute approximate surface area is 225 Å². The molecule has 0 spiro atoms. The predicted molar refractivity (Wildman–Crippen MR) is 146 cm³/mol. The number of unbranched alkanes of at least 4 members (excludes halogenated alkanes) is 1. The Kier molecular flexibility index (Phi) is 11.9. The van der Waals surface area contributed by atoms with Crippen LogP contribution in [0.2, 0.25) is 0 Å². The normalized spacial score (nSPS) is 12.4. The monoisotopic (exact) mass is 549 g/mol. The van der Waals surface area contributed by atoms with Crippen molar-refractivity contribution in [3.8, 4) is 11.5 Å². The van der Waals surface area contributed by atoms with Crippen LogP contribution >= 0.6 is 0 Å². The minimum atomic E-state index is -4.05. The maximum Gasteiger partial charge on any atom is 0.322 e. The van der Waals surface area contributed by atoms with Crippen molar-refractivity contribution in [2.24, 2.45) is 5.92 Å². The van der Waals surface area contributed by atoms with Gasteiger partial charge in [0.15, 0.2) is 11.5 Å². The fourth-order valence-electron chi connectivity index (χ4n) is 4.10. The van der Waals surface area contributed by atoms with E-state index in [9.17, 15) is 23.1 Å². The van der Waals surface area contributed by atoms with Crippen LogP contribution in [0.25, 0.3) is 0 Å². The van der Waals surface area contributed by atoms with Crippen LogP contribution in [0.15, 0.2) is 47.4 Å². The van der Waals surface area contributed by atoms with Crippen molar-refractivity contribution in [3.63, 3.8) is 0 Å². The quantitative estimate of drug-likeness (QED) is 0.213. The highest BCUT2D eigenvalue weighted by molar-refractivity contribution is 7.89. The number of hydrogen-bond acceptors (Lipinski definition) is 7. The summed E-state index contributed by atoms with van der Waals surface area (Å²) in [5, 5.41) is 12.7. The van der Waals surface area contributed by atoms with Crippen molar-refractivity contribution in [2.45, 2.75) is 56.9 Å². The molecule has 0 aliphatic rings. The van der Waals surface area contributed by atoms with Gasteiger partial charge in [-0.2, -0.15) is 4.31 Å². The molecule has 1 amide bonds. The zero-order valence-electron chi connectivity index (χ0n) is 22.5. The zero-order chi connectivity index (χ0) is 28.3. The fraction of sp³-hybridized carbons (Fsp3) is 0.481. The molecule has 11 heteroatoms. The lowest BCUT2D eigenvalue weighted by atomic mass is 10.1. The first kappa shape index (κ1) is 30.9. The summed E-state index contributed by atoms with van der Waals surface area (Å²) in [5.74, 6) is -0.230. The van der Waals surface area contributed by atoms with E-state index >= 15 is 0 Å². The van der Waals surface area contributed by atoms with Gasteiger partial charge in [-0.3, -0.25) is 9.59 Å². The van der Waals surface area contributed by atoms with Crippen LogP contribution in [0.1, 0.15) is 45.1 Å². The minimum Gasteiger partial charge on any atom is -0.493 e. The third-order valence-electron chi connectivity index (χ3n) is 6.00. The standard InChI is InChI=1S/C27H39N3O7S/c1-19(2)18-30(38(34,35)22-14-12-21(28)13-15-22)23(27(32)33)9-5-6-17-29-25(31)16-11-20-8-7-10-24(36-3)26(20)37-4/h7-8,10,12-15,19,23H,5-6,9,11,16-18,28H2,1-4H3,(H,29,31)(H,32,33)/t23-/m0/s1. The van der Waals surface area contributed by atoms with E-state index in [0.29, 0.717) is 43.0 Å². The number of anilines is 1. The first-order valence-electron chi connectivity index (χ1n) is 12.6. The van der Waals surface area contributed by atoms with Gasteiger partial charge in [0.1, 0.15) is 6.04 Å². The van der Waals surface area contributed by atoms with Gasteiger partial charge in [0.2, 0.25) is 15.9 Å². The molecule has 2 aromatic carbocycles.